The van der Waals surface area contributed by atoms with Crippen LogP contribution in [0.15, 0.2) is 36.4 Å². The summed E-state index contributed by atoms with van der Waals surface area (Å²) in [5.41, 5.74) is 3.29. The molecule has 6 nitrogen and oxygen atoms in total. The van der Waals surface area contributed by atoms with Crippen molar-refractivity contribution < 1.29 is 14.3 Å². The second-order valence-electron chi connectivity index (χ2n) is 7.66. The molecule has 0 bridgehead atoms. The fourth-order valence-corrected chi connectivity index (χ4v) is 5.00. The third-order valence-electron chi connectivity index (χ3n) is 5.50. The molecule has 5 rings (SSSR count). The summed E-state index contributed by atoms with van der Waals surface area (Å²) in [6, 6.07) is 12.1. The highest BCUT2D eigenvalue weighted by Gasteiger charge is 2.27. The fourth-order valence-electron chi connectivity index (χ4n) is 3.90. The van der Waals surface area contributed by atoms with Gasteiger partial charge in [0, 0.05) is 19.6 Å². The van der Waals surface area contributed by atoms with Crippen LogP contribution >= 0.6 is 11.3 Å². The van der Waals surface area contributed by atoms with Gasteiger partial charge in [0.15, 0.2) is 16.6 Å². The van der Waals surface area contributed by atoms with E-state index < -0.39 is 0 Å². The van der Waals surface area contributed by atoms with Crippen LogP contribution in [0.1, 0.15) is 24.0 Å². The van der Waals surface area contributed by atoms with E-state index in [4.69, 9.17) is 14.5 Å². The lowest BCUT2D eigenvalue weighted by molar-refractivity contribution is -0.125. The topological polar surface area (TPSA) is 63.7 Å². The minimum Gasteiger partial charge on any atom is -0.454 e. The number of aromatic nitrogens is 1. The molecule has 29 heavy (non-hydrogen) atoms. The van der Waals surface area contributed by atoms with E-state index in [-0.39, 0.29) is 18.6 Å². The summed E-state index contributed by atoms with van der Waals surface area (Å²) in [6.07, 6.45) is 1.91. The van der Waals surface area contributed by atoms with Gasteiger partial charge in [-0.15, -0.1) is 0 Å². The van der Waals surface area contributed by atoms with Crippen molar-refractivity contribution in [2.75, 3.05) is 24.8 Å². The Labute approximate surface area is 173 Å². The highest BCUT2D eigenvalue weighted by molar-refractivity contribution is 7.22. The van der Waals surface area contributed by atoms with Crippen LogP contribution in [-0.4, -0.2) is 30.8 Å². The smallest absolute Gasteiger partial charge is 0.231 e. The zero-order chi connectivity index (χ0) is 19.8. The Hall–Kier alpha value is -2.80. The number of nitrogens with zero attached hydrogens (tertiary/aromatic N) is 2. The summed E-state index contributed by atoms with van der Waals surface area (Å²) < 4.78 is 11.9. The van der Waals surface area contributed by atoms with Crippen molar-refractivity contribution in [3.63, 3.8) is 0 Å². The Balaban J connectivity index is 1.23. The molecule has 3 aromatic rings. The molecule has 2 aliphatic heterocycles. The predicted molar refractivity (Wildman–Crippen MR) is 114 cm³/mol. The van der Waals surface area contributed by atoms with E-state index in [1.807, 2.05) is 18.2 Å². The number of thiazole rings is 1. The molecule has 1 saturated heterocycles. The number of amides is 1. The van der Waals surface area contributed by atoms with Crippen molar-refractivity contribution in [2.24, 2.45) is 5.92 Å². The lowest BCUT2D eigenvalue weighted by Gasteiger charge is -2.31. The highest BCUT2D eigenvalue weighted by atomic mass is 32.1. The lowest BCUT2D eigenvalue weighted by Crippen LogP contribution is -2.42. The third-order valence-corrected chi connectivity index (χ3v) is 6.58. The molecule has 150 valence electrons. The summed E-state index contributed by atoms with van der Waals surface area (Å²) in [5, 5.41) is 4.10. The van der Waals surface area contributed by atoms with Crippen LogP contribution < -0.4 is 19.7 Å². The second kappa shape index (κ2) is 7.55. The third kappa shape index (κ3) is 3.74. The molecular formula is C22H23N3O3S. The van der Waals surface area contributed by atoms with Crippen LogP contribution in [0.3, 0.4) is 0 Å². The van der Waals surface area contributed by atoms with Crippen molar-refractivity contribution >= 4 is 32.6 Å². The number of fused-ring (bicyclic) bond motifs is 2. The summed E-state index contributed by atoms with van der Waals surface area (Å²) >= 11 is 1.71. The Bertz CT molecular complexity index is 1060. The first-order chi connectivity index (χ1) is 14.2. The second-order valence-corrected chi connectivity index (χ2v) is 8.67. The van der Waals surface area contributed by atoms with E-state index in [0.717, 1.165) is 47.1 Å². The molecule has 1 aromatic heterocycles. The van der Waals surface area contributed by atoms with Gasteiger partial charge in [-0.3, -0.25) is 4.79 Å². The average Bonchev–Trinajstić information content (AvgIpc) is 3.38. The van der Waals surface area contributed by atoms with E-state index in [9.17, 15) is 4.79 Å². The minimum absolute atomic E-state index is 0.0218. The summed E-state index contributed by atoms with van der Waals surface area (Å²) in [4.78, 5) is 19.8. The maximum absolute atomic E-state index is 12.8. The lowest BCUT2D eigenvalue weighted by atomic mass is 9.97. The van der Waals surface area contributed by atoms with Crippen molar-refractivity contribution in [1.82, 2.24) is 10.3 Å². The maximum atomic E-state index is 12.8. The number of carbonyl (C=O) groups excluding carboxylic acids is 1. The monoisotopic (exact) mass is 409 g/mol. The summed E-state index contributed by atoms with van der Waals surface area (Å²) in [5.74, 6) is 1.58. The number of anilines is 1. The summed E-state index contributed by atoms with van der Waals surface area (Å²) in [7, 11) is 0. The van der Waals surface area contributed by atoms with Gasteiger partial charge >= 0.3 is 0 Å². The van der Waals surface area contributed by atoms with Gasteiger partial charge in [-0.1, -0.05) is 23.5 Å². The first kappa shape index (κ1) is 18.2. The van der Waals surface area contributed by atoms with Gasteiger partial charge in [-0.2, -0.15) is 0 Å². The molecule has 1 N–H and O–H groups in total. The zero-order valence-electron chi connectivity index (χ0n) is 16.3. The Kier molecular flexibility index (Phi) is 4.75. The number of hydrogen-bond acceptors (Lipinski definition) is 6. The molecule has 3 heterocycles. The molecule has 1 amide bonds. The van der Waals surface area contributed by atoms with Gasteiger partial charge in [0.1, 0.15) is 0 Å². The van der Waals surface area contributed by atoms with Crippen molar-refractivity contribution in [3.05, 3.63) is 47.5 Å². The highest BCUT2D eigenvalue weighted by Crippen LogP contribution is 2.33. The fraction of sp³-hybridized carbons (Fsp3) is 0.364. The SMILES string of the molecule is Cc1ccc2nc(N3CCCC(C(=O)NCc4ccc5c(c4)OCO5)C3)sc2c1. The van der Waals surface area contributed by atoms with Crippen LogP contribution in [0.2, 0.25) is 0 Å². The van der Waals surface area contributed by atoms with E-state index in [1.54, 1.807) is 11.3 Å². The molecule has 2 aliphatic rings. The molecule has 7 heteroatoms. The van der Waals surface area contributed by atoms with Gasteiger partial charge in [0.2, 0.25) is 12.7 Å². The minimum atomic E-state index is -0.0218. The van der Waals surface area contributed by atoms with Gasteiger partial charge in [0.05, 0.1) is 16.1 Å². The number of piperidine rings is 1. The number of benzene rings is 2. The first-order valence-corrected chi connectivity index (χ1v) is 10.8. The first-order valence-electron chi connectivity index (χ1n) is 9.94. The number of hydrogen-bond donors (Lipinski definition) is 1. The standard InChI is InChI=1S/C22H23N3O3S/c1-14-4-6-17-20(9-14)29-22(24-17)25-8-2-3-16(12-25)21(26)23-11-15-5-7-18-19(10-15)28-13-27-18/h4-7,9-10,16H,2-3,8,11-13H2,1H3,(H,23,26). The normalized spacial score (nSPS) is 18.2. The predicted octanol–water partition coefficient (Wildman–Crippen LogP) is 3.87. The van der Waals surface area contributed by atoms with Crippen LogP contribution in [0, 0.1) is 12.8 Å². The van der Waals surface area contributed by atoms with Crippen LogP contribution in [0.4, 0.5) is 5.13 Å². The van der Waals surface area contributed by atoms with Crippen LogP contribution in [0.25, 0.3) is 10.2 Å². The quantitative estimate of drug-likeness (QED) is 0.709. The number of carbonyl (C=O) groups is 1. The molecule has 0 radical (unpaired) electrons. The van der Waals surface area contributed by atoms with Crippen molar-refractivity contribution in [3.8, 4) is 11.5 Å². The average molecular weight is 410 g/mol. The Morgan fingerprint density at radius 3 is 3.07 bits per heavy atom. The van der Waals surface area contributed by atoms with Crippen molar-refractivity contribution in [2.45, 2.75) is 26.3 Å². The molecule has 0 aliphatic carbocycles. The number of aryl methyl sites for hydroxylation is 1. The number of nitrogens with one attached hydrogen (secondary N) is 1. The molecule has 0 spiro atoms. The van der Waals surface area contributed by atoms with E-state index in [1.165, 1.54) is 10.3 Å². The van der Waals surface area contributed by atoms with E-state index >= 15 is 0 Å². The summed E-state index contributed by atoms with van der Waals surface area (Å²) in [6.45, 7) is 4.51. The van der Waals surface area contributed by atoms with Crippen LogP contribution in [0.5, 0.6) is 11.5 Å². The zero-order valence-corrected chi connectivity index (χ0v) is 17.1. The van der Waals surface area contributed by atoms with E-state index in [0.29, 0.717) is 13.1 Å². The van der Waals surface area contributed by atoms with Gasteiger partial charge in [0.25, 0.3) is 0 Å². The molecular weight excluding hydrogens is 386 g/mol. The molecule has 0 saturated carbocycles. The molecule has 2 aromatic carbocycles. The Morgan fingerprint density at radius 1 is 1.24 bits per heavy atom. The van der Waals surface area contributed by atoms with Gasteiger partial charge in [-0.25, -0.2) is 4.98 Å². The van der Waals surface area contributed by atoms with Gasteiger partial charge < -0.3 is 19.7 Å². The molecule has 1 fully saturated rings. The van der Waals surface area contributed by atoms with Gasteiger partial charge in [-0.05, 0) is 55.2 Å². The van der Waals surface area contributed by atoms with E-state index in [2.05, 4.69) is 35.3 Å². The van der Waals surface area contributed by atoms with Crippen molar-refractivity contribution in [1.29, 1.82) is 0 Å². The van der Waals surface area contributed by atoms with Crippen LogP contribution in [-0.2, 0) is 11.3 Å². The Morgan fingerprint density at radius 2 is 2.14 bits per heavy atom. The largest absolute Gasteiger partial charge is 0.454 e. The maximum Gasteiger partial charge on any atom is 0.231 e. The number of rotatable bonds is 4. The molecule has 1 unspecified atom stereocenters. The number of ether oxygens (including phenoxy) is 2. The molecule has 1 atom stereocenters.